The van der Waals surface area contributed by atoms with Crippen molar-refractivity contribution in [1.29, 1.82) is 0 Å². The first-order valence-corrected chi connectivity index (χ1v) is 8.32. The highest BCUT2D eigenvalue weighted by Gasteiger charge is 2.18. The van der Waals surface area contributed by atoms with Crippen LogP contribution in [-0.4, -0.2) is 15.7 Å². The molecule has 0 radical (unpaired) electrons. The maximum absolute atomic E-state index is 14.0. The van der Waals surface area contributed by atoms with Gasteiger partial charge in [-0.2, -0.15) is 5.10 Å². The van der Waals surface area contributed by atoms with Gasteiger partial charge in [-0.1, -0.05) is 54.9 Å². The van der Waals surface area contributed by atoms with Crippen molar-refractivity contribution in [1.82, 2.24) is 9.78 Å². The number of aromatic nitrogens is 2. The Morgan fingerprint density at radius 2 is 1.96 bits per heavy atom. The number of anilines is 1. The second-order valence-corrected chi connectivity index (χ2v) is 5.96. The summed E-state index contributed by atoms with van der Waals surface area (Å²) < 4.78 is 15.8. The molecule has 3 aromatic rings. The fourth-order valence-electron chi connectivity index (χ4n) is 2.66. The average molecular weight is 358 g/mol. The van der Waals surface area contributed by atoms with E-state index in [2.05, 4.69) is 10.4 Å². The molecule has 3 rings (SSSR count). The molecule has 0 atom stereocenters. The summed E-state index contributed by atoms with van der Waals surface area (Å²) in [5, 5.41) is 6.85. The van der Waals surface area contributed by atoms with Crippen LogP contribution in [0.3, 0.4) is 0 Å². The predicted molar refractivity (Wildman–Crippen MR) is 96.5 cm³/mol. The topological polar surface area (TPSA) is 46.9 Å². The molecule has 0 aliphatic rings. The molecule has 0 spiro atoms. The number of amides is 1. The Kier molecular flexibility index (Phi) is 5.14. The molecule has 1 aromatic heterocycles. The highest BCUT2D eigenvalue weighted by atomic mass is 35.5. The molecule has 128 valence electrons. The molecule has 0 bridgehead atoms. The fourth-order valence-corrected chi connectivity index (χ4v) is 2.83. The van der Waals surface area contributed by atoms with Gasteiger partial charge in [0.05, 0.1) is 34.7 Å². The van der Waals surface area contributed by atoms with Crippen LogP contribution < -0.4 is 5.32 Å². The highest BCUT2D eigenvalue weighted by molar-refractivity contribution is 6.31. The van der Waals surface area contributed by atoms with Crippen LogP contribution in [0, 0.1) is 5.82 Å². The van der Waals surface area contributed by atoms with E-state index in [0.29, 0.717) is 18.5 Å². The molecule has 0 aliphatic heterocycles. The molecule has 25 heavy (non-hydrogen) atoms. The number of nitrogens with one attached hydrogen (secondary N) is 1. The van der Waals surface area contributed by atoms with Crippen LogP contribution in [0.25, 0.3) is 0 Å². The summed E-state index contributed by atoms with van der Waals surface area (Å²) in [6.45, 7) is 2.53. The Labute approximate surface area is 150 Å². The zero-order chi connectivity index (χ0) is 17.8. The van der Waals surface area contributed by atoms with Gasteiger partial charge in [0, 0.05) is 0 Å². The number of hydrogen-bond donors (Lipinski definition) is 1. The summed E-state index contributed by atoms with van der Waals surface area (Å²) in [4.78, 5) is 12.5. The summed E-state index contributed by atoms with van der Waals surface area (Å²) in [6.07, 6.45) is 2.15. The van der Waals surface area contributed by atoms with Gasteiger partial charge in [0.2, 0.25) is 0 Å². The molecule has 1 N–H and O–H groups in total. The quantitative estimate of drug-likeness (QED) is 0.728. The first-order valence-electron chi connectivity index (χ1n) is 7.94. The Morgan fingerprint density at radius 3 is 2.68 bits per heavy atom. The molecule has 4 nitrogen and oxygen atoms in total. The van der Waals surface area contributed by atoms with Crippen LogP contribution in [0.2, 0.25) is 5.02 Å². The van der Waals surface area contributed by atoms with E-state index in [4.69, 9.17) is 11.6 Å². The Morgan fingerprint density at radius 1 is 1.20 bits per heavy atom. The lowest BCUT2D eigenvalue weighted by Crippen LogP contribution is -2.15. The molecule has 2 aromatic carbocycles. The van der Waals surface area contributed by atoms with E-state index in [0.717, 1.165) is 11.3 Å². The van der Waals surface area contributed by atoms with Gasteiger partial charge in [-0.3, -0.25) is 9.48 Å². The number of rotatable bonds is 5. The lowest BCUT2D eigenvalue weighted by atomic mass is 10.1. The van der Waals surface area contributed by atoms with Gasteiger partial charge >= 0.3 is 0 Å². The third kappa shape index (κ3) is 3.72. The van der Waals surface area contributed by atoms with Crippen LogP contribution in [0.5, 0.6) is 0 Å². The van der Waals surface area contributed by atoms with Crippen molar-refractivity contribution < 1.29 is 9.18 Å². The third-order valence-electron chi connectivity index (χ3n) is 3.90. The van der Waals surface area contributed by atoms with Crippen LogP contribution in [0.15, 0.2) is 54.7 Å². The molecule has 1 amide bonds. The van der Waals surface area contributed by atoms with Crippen LogP contribution >= 0.6 is 11.6 Å². The van der Waals surface area contributed by atoms with E-state index >= 15 is 0 Å². The Balaban J connectivity index is 1.85. The van der Waals surface area contributed by atoms with Gasteiger partial charge in [0.25, 0.3) is 5.91 Å². The summed E-state index contributed by atoms with van der Waals surface area (Å²) in [6, 6.07) is 14.4. The van der Waals surface area contributed by atoms with E-state index < -0.39 is 11.7 Å². The maximum Gasteiger partial charge on any atom is 0.259 e. The van der Waals surface area contributed by atoms with Crippen molar-refractivity contribution in [2.45, 2.75) is 19.9 Å². The van der Waals surface area contributed by atoms with E-state index in [1.807, 2.05) is 37.3 Å². The van der Waals surface area contributed by atoms with Gasteiger partial charge in [-0.25, -0.2) is 4.39 Å². The monoisotopic (exact) mass is 357 g/mol. The normalized spacial score (nSPS) is 10.7. The zero-order valence-corrected chi connectivity index (χ0v) is 14.4. The highest BCUT2D eigenvalue weighted by Crippen LogP contribution is 2.23. The van der Waals surface area contributed by atoms with Crippen LogP contribution in [-0.2, 0) is 13.0 Å². The minimum Gasteiger partial charge on any atom is -0.319 e. The third-order valence-corrected chi connectivity index (χ3v) is 4.20. The Hall–Kier alpha value is -2.66. The van der Waals surface area contributed by atoms with Crippen LogP contribution in [0.4, 0.5) is 10.1 Å². The molecule has 0 unspecified atom stereocenters. The summed E-state index contributed by atoms with van der Waals surface area (Å²) in [5.41, 5.74) is 2.37. The smallest absolute Gasteiger partial charge is 0.259 e. The largest absolute Gasteiger partial charge is 0.319 e. The lowest BCUT2D eigenvalue weighted by Gasteiger charge is -2.09. The molecule has 0 saturated carbocycles. The van der Waals surface area contributed by atoms with Gasteiger partial charge < -0.3 is 5.32 Å². The molecular weight excluding hydrogens is 341 g/mol. The average Bonchev–Trinajstić information content (AvgIpc) is 3.02. The number of halogens is 2. The molecule has 1 heterocycles. The number of carbonyl (C=O) groups excluding carboxylic acids is 1. The van der Waals surface area contributed by atoms with Crippen molar-refractivity contribution in [2.24, 2.45) is 0 Å². The first kappa shape index (κ1) is 17.2. The van der Waals surface area contributed by atoms with E-state index in [-0.39, 0.29) is 10.7 Å². The molecule has 6 heteroatoms. The standard InChI is InChI=1S/C19H17ClFN3O/c1-2-17-14(11-22-24(17)12-13-7-4-3-5-8-13)19(25)23-16-10-6-9-15(20)18(16)21/h3-11H,2,12H2,1H3,(H,23,25). The van der Waals surface area contributed by atoms with Crippen molar-refractivity contribution in [3.8, 4) is 0 Å². The zero-order valence-electron chi connectivity index (χ0n) is 13.7. The maximum atomic E-state index is 14.0. The van der Waals surface area contributed by atoms with Gasteiger partial charge in [-0.05, 0) is 24.1 Å². The lowest BCUT2D eigenvalue weighted by molar-refractivity contribution is 0.102. The molecular formula is C19H17ClFN3O. The van der Waals surface area contributed by atoms with Gasteiger partial charge in [0.1, 0.15) is 0 Å². The fraction of sp³-hybridized carbons (Fsp3) is 0.158. The van der Waals surface area contributed by atoms with Crippen molar-refractivity contribution in [3.05, 3.63) is 82.4 Å². The molecule has 0 saturated heterocycles. The summed E-state index contributed by atoms with van der Waals surface area (Å²) >= 11 is 5.75. The number of carbonyl (C=O) groups is 1. The summed E-state index contributed by atoms with van der Waals surface area (Å²) in [7, 11) is 0. The van der Waals surface area contributed by atoms with E-state index in [1.54, 1.807) is 10.7 Å². The van der Waals surface area contributed by atoms with E-state index in [1.165, 1.54) is 18.3 Å². The second-order valence-electron chi connectivity index (χ2n) is 5.56. The number of nitrogens with zero attached hydrogens (tertiary/aromatic N) is 2. The molecule has 0 aliphatic carbocycles. The first-order chi connectivity index (χ1) is 12.1. The summed E-state index contributed by atoms with van der Waals surface area (Å²) in [5.74, 6) is -1.05. The Bertz CT molecular complexity index is 893. The minimum atomic E-state index is -0.646. The number of benzene rings is 2. The van der Waals surface area contributed by atoms with Crippen molar-refractivity contribution >= 4 is 23.2 Å². The number of hydrogen-bond acceptors (Lipinski definition) is 2. The van der Waals surface area contributed by atoms with Gasteiger partial charge in [0.15, 0.2) is 5.82 Å². The van der Waals surface area contributed by atoms with Gasteiger partial charge in [-0.15, -0.1) is 0 Å². The second kappa shape index (κ2) is 7.49. The van der Waals surface area contributed by atoms with Crippen LogP contribution in [0.1, 0.15) is 28.5 Å². The minimum absolute atomic E-state index is 0.0340. The van der Waals surface area contributed by atoms with Crippen molar-refractivity contribution in [2.75, 3.05) is 5.32 Å². The molecule has 0 fully saturated rings. The predicted octanol–water partition coefficient (Wildman–Crippen LogP) is 4.54. The SMILES string of the molecule is CCc1c(C(=O)Nc2cccc(Cl)c2F)cnn1Cc1ccccc1. The van der Waals surface area contributed by atoms with E-state index in [9.17, 15) is 9.18 Å². The van der Waals surface area contributed by atoms with Crippen molar-refractivity contribution in [3.63, 3.8) is 0 Å².